The number of benzene rings is 1. The fourth-order valence-electron chi connectivity index (χ4n) is 2.62. The zero-order valence-electron chi connectivity index (χ0n) is 11.9. The molecule has 1 aliphatic rings. The van der Waals surface area contributed by atoms with Crippen LogP contribution in [-0.4, -0.2) is 31.1 Å². The highest BCUT2D eigenvalue weighted by atomic mass is 19.1. The Morgan fingerprint density at radius 1 is 1.05 bits per heavy atom. The van der Waals surface area contributed by atoms with Crippen LogP contribution in [0.1, 0.15) is 0 Å². The van der Waals surface area contributed by atoms with Gasteiger partial charge in [0.05, 0.1) is 23.7 Å². The van der Waals surface area contributed by atoms with E-state index in [0.29, 0.717) is 18.8 Å². The second-order valence-electron chi connectivity index (χ2n) is 5.11. The molecule has 0 radical (unpaired) electrons. The number of rotatable bonds is 3. The van der Waals surface area contributed by atoms with Crippen molar-refractivity contribution in [3.63, 3.8) is 0 Å². The minimum absolute atomic E-state index is 0.0359. The molecule has 2 aromatic rings. The van der Waals surface area contributed by atoms with Crippen molar-refractivity contribution in [3.05, 3.63) is 58.5 Å². The number of nitro groups is 1. The molecule has 0 bridgehead atoms. The molecule has 1 saturated heterocycles. The second-order valence-corrected chi connectivity index (χ2v) is 5.11. The Morgan fingerprint density at radius 2 is 1.73 bits per heavy atom. The fraction of sp³-hybridized carbons (Fsp3) is 0.267. The molecule has 0 saturated carbocycles. The molecule has 0 spiro atoms. The van der Waals surface area contributed by atoms with Crippen LogP contribution in [-0.2, 0) is 0 Å². The molecule has 114 valence electrons. The average molecular weight is 303 g/mol. The fourth-order valence-corrected chi connectivity index (χ4v) is 2.62. The van der Waals surface area contributed by atoms with E-state index in [0.717, 1.165) is 18.9 Å². The lowest BCUT2D eigenvalue weighted by atomic mass is 10.2. The largest absolute Gasteiger partial charge is 0.361 e. The number of hydrogen-bond acceptors (Lipinski definition) is 4. The van der Waals surface area contributed by atoms with Crippen LogP contribution < -0.4 is 14.8 Å². The third kappa shape index (κ3) is 2.83. The van der Waals surface area contributed by atoms with Crippen molar-refractivity contribution in [2.45, 2.75) is 0 Å². The SMILES string of the molecule is O=[N+]([O-])c1ccc(N2CCN(c3ccccc3F)CC2)[nH+]c1. The van der Waals surface area contributed by atoms with E-state index >= 15 is 0 Å². The number of H-pyrrole nitrogens is 1. The molecular formula is C15H16FN4O2+. The normalized spacial score (nSPS) is 15.0. The highest BCUT2D eigenvalue weighted by Crippen LogP contribution is 2.21. The van der Waals surface area contributed by atoms with Gasteiger partial charge in [-0.3, -0.25) is 15.0 Å². The summed E-state index contributed by atoms with van der Waals surface area (Å²) in [6, 6.07) is 9.94. The number of nitrogens with zero attached hydrogens (tertiary/aromatic N) is 3. The molecule has 1 aromatic heterocycles. The zero-order chi connectivity index (χ0) is 15.5. The molecule has 0 atom stereocenters. The van der Waals surface area contributed by atoms with E-state index < -0.39 is 4.92 Å². The average Bonchev–Trinajstić information content (AvgIpc) is 2.56. The first-order chi connectivity index (χ1) is 10.6. The Morgan fingerprint density at radius 3 is 2.32 bits per heavy atom. The Bertz CT molecular complexity index is 669. The monoisotopic (exact) mass is 303 g/mol. The number of aromatic nitrogens is 1. The first kappa shape index (κ1) is 14.2. The Labute approximate surface area is 127 Å². The quantitative estimate of drug-likeness (QED) is 0.641. The van der Waals surface area contributed by atoms with E-state index in [1.165, 1.54) is 18.3 Å². The maximum Gasteiger partial charge on any atom is 0.308 e. The number of piperazine rings is 1. The van der Waals surface area contributed by atoms with E-state index in [1.54, 1.807) is 18.2 Å². The lowest BCUT2D eigenvalue weighted by molar-refractivity contribution is -0.414. The predicted octanol–water partition coefficient (Wildman–Crippen LogP) is 1.87. The molecule has 0 unspecified atom stereocenters. The maximum atomic E-state index is 13.8. The van der Waals surface area contributed by atoms with Crippen molar-refractivity contribution in [1.82, 2.24) is 0 Å². The highest BCUT2D eigenvalue weighted by molar-refractivity contribution is 5.50. The van der Waals surface area contributed by atoms with Crippen LogP contribution in [0.2, 0.25) is 0 Å². The molecule has 1 N–H and O–H groups in total. The number of aromatic amines is 1. The molecule has 22 heavy (non-hydrogen) atoms. The molecule has 1 fully saturated rings. The smallest absolute Gasteiger partial charge is 0.308 e. The van der Waals surface area contributed by atoms with E-state index in [4.69, 9.17) is 0 Å². The molecule has 0 amide bonds. The van der Waals surface area contributed by atoms with Gasteiger partial charge in [-0.1, -0.05) is 12.1 Å². The lowest BCUT2D eigenvalue weighted by Crippen LogP contribution is -2.48. The predicted molar refractivity (Wildman–Crippen MR) is 80.5 cm³/mol. The summed E-state index contributed by atoms with van der Waals surface area (Å²) in [5.74, 6) is 0.622. The van der Waals surface area contributed by atoms with Crippen LogP contribution in [0.3, 0.4) is 0 Å². The summed E-state index contributed by atoms with van der Waals surface area (Å²) in [5.41, 5.74) is 0.656. The van der Waals surface area contributed by atoms with Gasteiger partial charge >= 0.3 is 5.69 Å². The summed E-state index contributed by atoms with van der Waals surface area (Å²) in [5, 5.41) is 10.7. The minimum Gasteiger partial charge on any atom is -0.361 e. The molecule has 7 heteroatoms. The van der Waals surface area contributed by atoms with Gasteiger partial charge in [-0.15, -0.1) is 0 Å². The number of para-hydroxylation sites is 1. The van der Waals surface area contributed by atoms with Gasteiger partial charge in [0.2, 0.25) is 0 Å². The number of anilines is 2. The molecule has 0 aliphatic carbocycles. The molecule has 6 nitrogen and oxygen atoms in total. The first-order valence-electron chi connectivity index (χ1n) is 7.06. The van der Waals surface area contributed by atoms with Crippen molar-refractivity contribution in [2.75, 3.05) is 36.0 Å². The summed E-state index contributed by atoms with van der Waals surface area (Å²) in [6.45, 7) is 2.85. The lowest BCUT2D eigenvalue weighted by Gasteiger charge is -2.32. The highest BCUT2D eigenvalue weighted by Gasteiger charge is 2.25. The topological polar surface area (TPSA) is 63.8 Å². The second kappa shape index (κ2) is 5.97. The summed E-state index contributed by atoms with van der Waals surface area (Å²) < 4.78 is 13.8. The van der Waals surface area contributed by atoms with Crippen LogP contribution in [0.15, 0.2) is 42.6 Å². The molecule has 1 aliphatic heterocycles. The Hall–Kier alpha value is -2.70. The van der Waals surface area contributed by atoms with Crippen LogP contribution in [0.4, 0.5) is 21.6 Å². The van der Waals surface area contributed by atoms with Gasteiger partial charge in [-0.05, 0) is 12.1 Å². The Balaban J connectivity index is 1.66. The van der Waals surface area contributed by atoms with Crippen molar-refractivity contribution < 1.29 is 14.3 Å². The van der Waals surface area contributed by atoms with Crippen molar-refractivity contribution in [3.8, 4) is 0 Å². The van der Waals surface area contributed by atoms with Gasteiger partial charge in [0.25, 0.3) is 5.82 Å². The van der Waals surface area contributed by atoms with Crippen LogP contribution >= 0.6 is 0 Å². The molecule has 3 rings (SSSR count). The van der Waals surface area contributed by atoms with E-state index in [2.05, 4.69) is 9.88 Å². The summed E-state index contributed by atoms with van der Waals surface area (Å²) in [7, 11) is 0. The van der Waals surface area contributed by atoms with E-state index in [1.807, 2.05) is 11.0 Å². The Kier molecular flexibility index (Phi) is 3.86. The first-order valence-corrected chi connectivity index (χ1v) is 7.06. The number of nitrogens with one attached hydrogen (secondary N) is 1. The van der Waals surface area contributed by atoms with Crippen molar-refractivity contribution >= 4 is 17.2 Å². The van der Waals surface area contributed by atoms with E-state index in [-0.39, 0.29) is 11.5 Å². The minimum atomic E-state index is -0.434. The number of pyridine rings is 1. The van der Waals surface area contributed by atoms with Gasteiger partial charge in [-0.25, -0.2) is 9.37 Å². The van der Waals surface area contributed by atoms with Crippen LogP contribution in [0.5, 0.6) is 0 Å². The summed E-state index contributed by atoms with van der Waals surface area (Å²) in [4.78, 5) is 17.3. The van der Waals surface area contributed by atoms with Gasteiger partial charge in [0.15, 0.2) is 6.20 Å². The molecule has 1 aromatic carbocycles. The van der Waals surface area contributed by atoms with Crippen LogP contribution in [0, 0.1) is 15.9 Å². The van der Waals surface area contributed by atoms with Gasteiger partial charge < -0.3 is 4.90 Å². The van der Waals surface area contributed by atoms with Crippen molar-refractivity contribution in [2.24, 2.45) is 0 Å². The van der Waals surface area contributed by atoms with Gasteiger partial charge in [0, 0.05) is 12.1 Å². The summed E-state index contributed by atoms with van der Waals surface area (Å²) >= 11 is 0. The summed E-state index contributed by atoms with van der Waals surface area (Å²) in [6.07, 6.45) is 1.39. The third-order valence-corrected chi connectivity index (χ3v) is 3.80. The van der Waals surface area contributed by atoms with E-state index in [9.17, 15) is 14.5 Å². The zero-order valence-corrected chi connectivity index (χ0v) is 11.9. The standard InChI is InChI=1S/C15H15FN4O2/c16-13-3-1-2-4-14(13)18-7-9-19(10-8-18)15-6-5-12(11-17-15)20(21)22/h1-6,11H,7-10H2/p+1. The maximum absolute atomic E-state index is 13.8. The number of halogens is 1. The van der Waals surface area contributed by atoms with Gasteiger partial charge in [-0.2, -0.15) is 0 Å². The molecular weight excluding hydrogens is 287 g/mol. The third-order valence-electron chi connectivity index (χ3n) is 3.80. The number of hydrogen-bond donors (Lipinski definition) is 0. The van der Waals surface area contributed by atoms with Crippen molar-refractivity contribution in [1.29, 1.82) is 0 Å². The van der Waals surface area contributed by atoms with Crippen LogP contribution in [0.25, 0.3) is 0 Å². The molecule has 2 heterocycles. The van der Waals surface area contributed by atoms with Gasteiger partial charge in [0.1, 0.15) is 18.9 Å².